The van der Waals surface area contributed by atoms with E-state index in [1.54, 1.807) is 6.07 Å². The van der Waals surface area contributed by atoms with E-state index in [1.165, 1.54) is 4.90 Å². The number of fused-ring (bicyclic) bond motifs is 1. The van der Waals surface area contributed by atoms with Gasteiger partial charge in [-0.1, -0.05) is 36.3 Å². The van der Waals surface area contributed by atoms with Crippen LogP contribution in [-0.4, -0.2) is 38.6 Å². The van der Waals surface area contributed by atoms with Crippen LogP contribution in [0.1, 0.15) is 55.1 Å². The predicted octanol–water partition coefficient (Wildman–Crippen LogP) is 2.56. The number of amides is 1. The average molecular weight is 357 g/mol. The summed E-state index contributed by atoms with van der Waals surface area (Å²) in [6.45, 7) is 2.47. The molecule has 0 radical (unpaired) electrons. The number of aliphatic carboxylic acids is 1. The second kappa shape index (κ2) is 8.12. The van der Waals surface area contributed by atoms with Crippen molar-refractivity contribution < 1.29 is 19.2 Å². The summed E-state index contributed by atoms with van der Waals surface area (Å²) < 4.78 is 5.17. The van der Waals surface area contributed by atoms with Gasteiger partial charge in [-0.3, -0.25) is 4.79 Å². The fourth-order valence-corrected chi connectivity index (χ4v) is 3.35. The minimum atomic E-state index is -0.994. The molecule has 0 fully saturated rings. The highest BCUT2D eigenvalue weighted by atomic mass is 16.5. The first-order valence-electron chi connectivity index (χ1n) is 9.01. The molecule has 3 rings (SSSR count). The van der Waals surface area contributed by atoms with Crippen molar-refractivity contribution in [2.45, 2.75) is 51.5 Å². The molecule has 2 heterocycles. The number of carboxylic acids is 1. The molecule has 0 spiro atoms. The lowest BCUT2D eigenvalue weighted by Crippen LogP contribution is -2.43. The van der Waals surface area contributed by atoms with Crippen LogP contribution in [-0.2, 0) is 28.9 Å². The third-order valence-electron chi connectivity index (χ3n) is 4.60. The van der Waals surface area contributed by atoms with Gasteiger partial charge in [0.15, 0.2) is 11.9 Å². The fourth-order valence-electron chi connectivity index (χ4n) is 3.35. The first-order valence-corrected chi connectivity index (χ1v) is 9.01. The summed E-state index contributed by atoms with van der Waals surface area (Å²) in [6.07, 6.45) is 3.73. The number of aromatic nitrogens is 2. The third kappa shape index (κ3) is 3.92. The Kier molecular flexibility index (Phi) is 5.65. The van der Waals surface area contributed by atoms with Gasteiger partial charge >= 0.3 is 5.97 Å². The van der Waals surface area contributed by atoms with Crippen LogP contribution in [0.3, 0.4) is 0 Å². The van der Waals surface area contributed by atoms with Gasteiger partial charge in [-0.05, 0) is 30.4 Å². The molecule has 7 heteroatoms. The molecule has 1 amide bonds. The Morgan fingerprint density at radius 3 is 2.88 bits per heavy atom. The van der Waals surface area contributed by atoms with Crippen LogP contribution in [0, 0.1) is 0 Å². The smallest absolute Gasteiger partial charge is 0.331 e. The molecule has 1 aliphatic rings. The molecule has 0 bridgehead atoms. The molecule has 1 unspecified atom stereocenters. The van der Waals surface area contributed by atoms with E-state index in [4.69, 9.17) is 4.52 Å². The van der Waals surface area contributed by atoms with Gasteiger partial charge in [-0.2, -0.15) is 4.98 Å². The van der Waals surface area contributed by atoms with Crippen LogP contribution >= 0.6 is 0 Å². The van der Waals surface area contributed by atoms with Crippen molar-refractivity contribution in [1.82, 2.24) is 15.0 Å². The van der Waals surface area contributed by atoms with Crippen LogP contribution in [0.4, 0.5) is 0 Å². The Bertz CT molecular complexity index is 787. The first-order chi connectivity index (χ1) is 12.6. The van der Waals surface area contributed by atoms with E-state index < -0.39 is 12.0 Å². The van der Waals surface area contributed by atoms with Crippen molar-refractivity contribution in [1.29, 1.82) is 0 Å². The van der Waals surface area contributed by atoms with Crippen molar-refractivity contribution in [2.24, 2.45) is 0 Å². The maximum Gasteiger partial charge on any atom is 0.331 e. The van der Waals surface area contributed by atoms with Crippen LogP contribution in [0.5, 0.6) is 0 Å². The van der Waals surface area contributed by atoms with Crippen molar-refractivity contribution >= 4 is 11.9 Å². The van der Waals surface area contributed by atoms with Crippen LogP contribution in [0.2, 0.25) is 0 Å². The lowest BCUT2D eigenvalue weighted by Gasteiger charge is -2.34. The van der Waals surface area contributed by atoms with Gasteiger partial charge in [-0.25, -0.2) is 4.79 Å². The summed E-state index contributed by atoms with van der Waals surface area (Å²) in [6, 6.07) is 6.52. The zero-order chi connectivity index (χ0) is 18.5. The highest BCUT2D eigenvalue weighted by Gasteiger charge is 2.35. The van der Waals surface area contributed by atoms with Gasteiger partial charge in [0.05, 0.1) is 0 Å². The number of carbonyl (C=O) groups is 2. The highest BCUT2D eigenvalue weighted by molar-refractivity contribution is 5.85. The van der Waals surface area contributed by atoms with Crippen molar-refractivity contribution in [3.05, 3.63) is 47.1 Å². The number of nitrogens with zero attached hydrogens (tertiary/aromatic N) is 3. The van der Waals surface area contributed by atoms with Gasteiger partial charge in [0.25, 0.3) is 0 Å². The number of benzene rings is 1. The van der Waals surface area contributed by atoms with Crippen LogP contribution in [0.25, 0.3) is 0 Å². The number of hydrogen-bond donors (Lipinski definition) is 1. The van der Waals surface area contributed by atoms with E-state index in [1.807, 2.05) is 25.1 Å². The Labute approximate surface area is 152 Å². The Hall–Kier alpha value is -2.70. The number of aryl methyl sites for hydroxylation is 2. The van der Waals surface area contributed by atoms with Crippen molar-refractivity contribution in [2.75, 3.05) is 6.54 Å². The first kappa shape index (κ1) is 18.1. The summed E-state index contributed by atoms with van der Waals surface area (Å²) in [5.74, 6) is 0.0687. The lowest BCUT2D eigenvalue weighted by molar-refractivity contribution is -0.151. The molecule has 7 nitrogen and oxygen atoms in total. The number of rotatable bonds is 7. The average Bonchev–Trinajstić information content (AvgIpc) is 3.08. The largest absolute Gasteiger partial charge is 0.479 e. The summed E-state index contributed by atoms with van der Waals surface area (Å²) in [7, 11) is 0. The van der Waals surface area contributed by atoms with Gasteiger partial charge in [0, 0.05) is 25.8 Å². The molecule has 2 aromatic rings. The summed E-state index contributed by atoms with van der Waals surface area (Å²) in [5, 5.41) is 13.5. The number of carbonyl (C=O) groups excluding carboxylic acids is 1. The molecule has 1 aromatic heterocycles. The predicted molar refractivity (Wildman–Crippen MR) is 93.5 cm³/mol. The molecule has 1 N–H and O–H groups in total. The maximum absolute atomic E-state index is 12.6. The molecule has 0 saturated carbocycles. The molecular weight excluding hydrogens is 334 g/mol. The third-order valence-corrected chi connectivity index (χ3v) is 4.60. The summed E-state index contributed by atoms with van der Waals surface area (Å²) >= 11 is 0. The molecule has 1 aromatic carbocycles. The molecule has 0 aliphatic carbocycles. The van der Waals surface area contributed by atoms with Gasteiger partial charge in [-0.15, -0.1) is 0 Å². The van der Waals surface area contributed by atoms with Crippen LogP contribution < -0.4 is 0 Å². The minimum absolute atomic E-state index is 0.153. The minimum Gasteiger partial charge on any atom is -0.479 e. The van der Waals surface area contributed by atoms with E-state index in [-0.39, 0.29) is 12.3 Å². The molecule has 0 saturated heterocycles. The van der Waals surface area contributed by atoms with E-state index in [0.717, 1.165) is 18.4 Å². The zero-order valence-electron chi connectivity index (χ0n) is 14.9. The Balaban J connectivity index is 1.61. The van der Waals surface area contributed by atoms with Gasteiger partial charge < -0.3 is 14.5 Å². The number of hydrogen-bond acceptors (Lipinski definition) is 5. The maximum atomic E-state index is 12.6. The van der Waals surface area contributed by atoms with Gasteiger partial charge in [0.1, 0.15) is 0 Å². The quantitative estimate of drug-likeness (QED) is 0.818. The zero-order valence-corrected chi connectivity index (χ0v) is 14.9. The fraction of sp³-hybridized carbons (Fsp3) is 0.474. The molecule has 26 heavy (non-hydrogen) atoms. The van der Waals surface area contributed by atoms with Crippen molar-refractivity contribution in [3.63, 3.8) is 0 Å². The van der Waals surface area contributed by atoms with Crippen molar-refractivity contribution in [3.8, 4) is 0 Å². The second-order valence-corrected chi connectivity index (χ2v) is 6.48. The monoisotopic (exact) mass is 357 g/mol. The summed E-state index contributed by atoms with van der Waals surface area (Å²) in [4.78, 5) is 30.1. The Morgan fingerprint density at radius 1 is 1.31 bits per heavy atom. The molecule has 1 atom stereocenters. The van der Waals surface area contributed by atoms with Gasteiger partial charge in [0.2, 0.25) is 11.8 Å². The molecule has 138 valence electrons. The van der Waals surface area contributed by atoms with E-state index >= 15 is 0 Å². The lowest BCUT2D eigenvalue weighted by atomic mass is 9.92. The second-order valence-electron chi connectivity index (χ2n) is 6.48. The standard InChI is InChI=1S/C19H23N3O4/c1-2-6-15-20-16(26-21-15)9-5-10-17(23)22-12-11-13-7-3-4-8-14(13)18(22)19(24)25/h3-4,7-8,18H,2,5-6,9-12H2,1H3,(H,24,25). The Morgan fingerprint density at radius 2 is 2.12 bits per heavy atom. The van der Waals surface area contributed by atoms with E-state index in [0.29, 0.717) is 43.1 Å². The van der Waals surface area contributed by atoms with E-state index in [9.17, 15) is 14.7 Å². The topological polar surface area (TPSA) is 96.5 Å². The summed E-state index contributed by atoms with van der Waals surface area (Å²) in [5.41, 5.74) is 1.71. The number of carboxylic acid groups (broad SMARTS) is 1. The molecular formula is C19H23N3O4. The van der Waals surface area contributed by atoms with E-state index in [2.05, 4.69) is 10.1 Å². The van der Waals surface area contributed by atoms with Crippen LogP contribution in [0.15, 0.2) is 28.8 Å². The highest BCUT2D eigenvalue weighted by Crippen LogP contribution is 2.30. The normalized spacial score (nSPS) is 16.3. The SMILES string of the molecule is CCCc1noc(CCCC(=O)N2CCc3ccccc3C2C(=O)O)n1. The molecule has 1 aliphatic heterocycles.